The number of carbonyl (C=O) groups is 1. The summed E-state index contributed by atoms with van der Waals surface area (Å²) in [6.07, 6.45) is 3.96. The van der Waals surface area contributed by atoms with Crippen molar-refractivity contribution in [2.75, 3.05) is 7.11 Å². The zero-order chi connectivity index (χ0) is 17.7. The average molecular weight is 330 g/mol. The molecule has 0 saturated carbocycles. The summed E-state index contributed by atoms with van der Waals surface area (Å²) in [5, 5.41) is 13.7. The van der Waals surface area contributed by atoms with E-state index in [1.165, 1.54) is 7.11 Å². The van der Waals surface area contributed by atoms with E-state index in [0.717, 1.165) is 29.6 Å². The van der Waals surface area contributed by atoms with Gasteiger partial charge in [0.25, 0.3) is 0 Å². The number of nitrogens with zero attached hydrogens (tertiary/aromatic N) is 2. The molecule has 0 amide bonds. The zero-order valence-electron chi connectivity index (χ0n) is 14.3. The normalized spacial score (nSPS) is 12.8. The van der Waals surface area contributed by atoms with Crippen molar-refractivity contribution < 1.29 is 19.4 Å². The van der Waals surface area contributed by atoms with Gasteiger partial charge in [0.2, 0.25) is 5.76 Å². The topological polar surface area (TPSA) is 73.6 Å². The molecule has 0 bridgehead atoms. The molecule has 0 aliphatic heterocycles. The van der Waals surface area contributed by atoms with Crippen LogP contribution in [0.4, 0.5) is 0 Å². The molecule has 6 nitrogen and oxygen atoms in total. The number of hydrogen-bond acceptors (Lipinski definition) is 4. The van der Waals surface area contributed by atoms with E-state index in [0.29, 0.717) is 11.7 Å². The van der Waals surface area contributed by atoms with E-state index < -0.39 is 5.97 Å². The van der Waals surface area contributed by atoms with Crippen molar-refractivity contribution in [3.63, 3.8) is 0 Å². The summed E-state index contributed by atoms with van der Waals surface area (Å²) in [7, 11) is 1.37. The first kappa shape index (κ1) is 17.6. The second kappa shape index (κ2) is 7.68. The fourth-order valence-corrected chi connectivity index (χ4v) is 2.14. The molecule has 2 aromatic rings. The average Bonchev–Trinajstić information content (AvgIpc) is 3.05. The van der Waals surface area contributed by atoms with Crippen LogP contribution >= 0.6 is 0 Å². The number of methoxy groups -OCH3 is 1. The van der Waals surface area contributed by atoms with Crippen molar-refractivity contribution >= 4 is 5.97 Å². The lowest BCUT2D eigenvalue weighted by atomic mass is 10.1. The highest BCUT2D eigenvalue weighted by Gasteiger charge is 2.14. The number of aliphatic carboxylic acids is 1. The first-order chi connectivity index (χ1) is 11.5. The molecule has 1 unspecified atom stereocenters. The molecule has 0 fully saturated rings. The van der Waals surface area contributed by atoms with Crippen LogP contribution in [0.25, 0.3) is 5.69 Å². The Hall–Kier alpha value is -2.76. The van der Waals surface area contributed by atoms with Gasteiger partial charge in [0.15, 0.2) is 0 Å². The molecule has 1 N–H and O–H groups in total. The molecule has 1 aromatic carbocycles. The van der Waals surface area contributed by atoms with Crippen LogP contribution in [0.15, 0.2) is 42.5 Å². The lowest BCUT2D eigenvalue weighted by molar-refractivity contribution is -0.135. The molecular formula is C18H22N2O4. The fourth-order valence-electron chi connectivity index (χ4n) is 2.14. The van der Waals surface area contributed by atoms with Crippen LogP contribution < -0.4 is 4.74 Å². The Morgan fingerprint density at radius 2 is 2.17 bits per heavy atom. The van der Waals surface area contributed by atoms with E-state index in [1.54, 1.807) is 10.7 Å². The highest BCUT2D eigenvalue weighted by molar-refractivity contribution is 5.84. The molecule has 0 saturated heterocycles. The van der Waals surface area contributed by atoms with Crippen molar-refractivity contribution in [2.45, 2.75) is 33.1 Å². The summed E-state index contributed by atoms with van der Waals surface area (Å²) >= 11 is 0. The van der Waals surface area contributed by atoms with Gasteiger partial charge in [-0.15, -0.1) is 0 Å². The Morgan fingerprint density at radius 3 is 2.79 bits per heavy atom. The van der Waals surface area contributed by atoms with Crippen molar-refractivity contribution in [2.24, 2.45) is 0 Å². The van der Waals surface area contributed by atoms with Crippen LogP contribution in [0.1, 0.15) is 37.4 Å². The van der Waals surface area contributed by atoms with E-state index in [9.17, 15) is 4.79 Å². The molecule has 6 heteroatoms. The van der Waals surface area contributed by atoms with E-state index in [-0.39, 0.29) is 5.76 Å². The summed E-state index contributed by atoms with van der Waals surface area (Å²) in [5.74, 6) is -0.646. The number of ether oxygens (including phenoxy) is 2. The quantitative estimate of drug-likeness (QED) is 0.620. The first-order valence-electron chi connectivity index (χ1n) is 7.77. The molecule has 1 heterocycles. The molecule has 128 valence electrons. The van der Waals surface area contributed by atoms with E-state index in [4.69, 9.17) is 14.6 Å². The minimum Gasteiger partial charge on any atom is -0.500 e. The molecule has 24 heavy (non-hydrogen) atoms. The lowest BCUT2D eigenvalue weighted by Gasteiger charge is -2.11. The Kier molecular flexibility index (Phi) is 5.63. The van der Waals surface area contributed by atoms with Crippen LogP contribution in [-0.2, 0) is 9.53 Å². The number of rotatable bonds is 7. The second-order valence-electron chi connectivity index (χ2n) is 5.57. The van der Waals surface area contributed by atoms with E-state index >= 15 is 0 Å². The maximum atomic E-state index is 11.2. The number of aryl methyl sites for hydroxylation is 1. The number of aromatic nitrogens is 2. The van der Waals surface area contributed by atoms with E-state index in [1.807, 2.05) is 31.3 Å². The van der Waals surface area contributed by atoms with Gasteiger partial charge in [-0.2, -0.15) is 5.10 Å². The molecule has 1 atom stereocenters. The van der Waals surface area contributed by atoms with Crippen LogP contribution in [0.2, 0.25) is 0 Å². The third-order valence-electron chi connectivity index (χ3n) is 3.82. The van der Waals surface area contributed by atoms with Crippen molar-refractivity contribution in [3.05, 3.63) is 53.7 Å². The highest BCUT2D eigenvalue weighted by atomic mass is 16.5. The largest absolute Gasteiger partial charge is 0.500 e. The predicted molar refractivity (Wildman–Crippen MR) is 90.4 cm³/mol. The van der Waals surface area contributed by atoms with Gasteiger partial charge in [-0.25, -0.2) is 9.48 Å². The van der Waals surface area contributed by atoms with Crippen molar-refractivity contribution in [3.8, 4) is 11.4 Å². The van der Waals surface area contributed by atoms with Crippen LogP contribution in [0.5, 0.6) is 5.75 Å². The van der Waals surface area contributed by atoms with Crippen LogP contribution in [0, 0.1) is 6.92 Å². The van der Waals surface area contributed by atoms with Gasteiger partial charge in [0.05, 0.1) is 18.5 Å². The van der Waals surface area contributed by atoms with Gasteiger partial charge in [0, 0.05) is 12.3 Å². The standard InChI is InChI=1S/C18H22N2O4/c1-5-12(2)15-8-9-20(19-15)14-7-6-13(3)16(10-14)24-17(11-23-4)18(21)22/h6-12H,5H2,1-4H3,(H,21,22)/b17-11-. The molecule has 0 aliphatic rings. The molecular weight excluding hydrogens is 308 g/mol. The Balaban J connectivity index is 2.33. The second-order valence-corrected chi connectivity index (χ2v) is 5.57. The van der Waals surface area contributed by atoms with Crippen molar-refractivity contribution in [1.29, 1.82) is 0 Å². The summed E-state index contributed by atoms with van der Waals surface area (Å²) in [6.45, 7) is 6.10. The molecule has 0 spiro atoms. The number of carboxylic acid groups (broad SMARTS) is 1. The monoisotopic (exact) mass is 330 g/mol. The smallest absolute Gasteiger partial charge is 0.375 e. The Labute approximate surface area is 141 Å². The maximum Gasteiger partial charge on any atom is 0.375 e. The first-order valence-corrected chi connectivity index (χ1v) is 7.77. The molecule has 1 aromatic heterocycles. The van der Waals surface area contributed by atoms with Crippen molar-refractivity contribution in [1.82, 2.24) is 9.78 Å². The third kappa shape index (κ3) is 3.95. The van der Waals surface area contributed by atoms with Crippen LogP contribution in [0.3, 0.4) is 0 Å². The fraction of sp³-hybridized carbons (Fsp3) is 0.333. The van der Waals surface area contributed by atoms with Gasteiger partial charge < -0.3 is 14.6 Å². The molecule has 0 radical (unpaired) electrons. The molecule has 0 aliphatic carbocycles. The lowest BCUT2D eigenvalue weighted by Crippen LogP contribution is -2.09. The maximum absolute atomic E-state index is 11.2. The van der Waals surface area contributed by atoms with Crippen LogP contribution in [-0.4, -0.2) is 28.0 Å². The SMILES string of the molecule is CCC(C)c1ccn(-c2ccc(C)c(O/C(=C\OC)C(=O)O)c2)n1. The summed E-state index contributed by atoms with van der Waals surface area (Å²) in [5.41, 5.74) is 2.63. The van der Waals surface area contributed by atoms with Gasteiger partial charge in [-0.05, 0) is 37.0 Å². The highest BCUT2D eigenvalue weighted by Crippen LogP contribution is 2.25. The summed E-state index contributed by atoms with van der Waals surface area (Å²) < 4.78 is 12.0. The summed E-state index contributed by atoms with van der Waals surface area (Å²) in [4.78, 5) is 11.2. The Morgan fingerprint density at radius 1 is 1.42 bits per heavy atom. The zero-order valence-corrected chi connectivity index (χ0v) is 14.3. The van der Waals surface area contributed by atoms with Gasteiger partial charge in [-0.3, -0.25) is 0 Å². The number of carboxylic acids is 1. The minimum absolute atomic E-state index is 0.279. The summed E-state index contributed by atoms with van der Waals surface area (Å²) in [6, 6.07) is 7.52. The van der Waals surface area contributed by atoms with Gasteiger partial charge >= 0.3 is 5.97 Å². The third-order valence-corrected chi connectivity index (χ3v) is 3.82. The predicted octanol–water partition coefficient (Wildman–Crippen LogP) is 3.65. The van der Waals surface area contributed by atoms with Gasteiger partial charge in [0.1, 0.15) is 12.0 Å². The molecule has 2 rings (SSSR count). The Bertz CT molecular complexity index is 749. The minimum atomic E-state index is -1.19. The van der Waals surface area contributed by atoms with E-state index in [2.05, 4.69) is 18.9 Å². The van der Waals surface area contributed by atoms with Gasteiger partial charge in [-0.1, -0.05) is 19.9 Å². The number of hydrogen-bond donors (Lipinski definition) is 1. The number of benzene rings is 1.